The van der Waals surface area contributed by atoms with E-state index in [-0.39, 0.29) is 0 Å². The minimum atomic E-state index is 0.955. The van der Waals surface area contributed by atoms with Crippen molar-refractivity contribution in [1.29, 1.82) is 0 Å². The van der Waals surface area contributed by atoms with Gasteiger partial charge in [-0.1, -0.05) is 0 Å². The smallest absolute Gasteiger partial charge is 0.124 e. The van der Waals surface area contributed by atoms with Gasteiger partial charge in [-0.2, -0.15) is 0 Å². The molecule has 2 nitrogen and oxygen atoms in total. The first-order chi connectivity index (χ1) is 2.93. The molecule has 0 atom stereocenters. The average molecular weight is 86.1 g/mol. The van der Waals surface area contributed by atoms with Gasteiger partial charge in [0.25, 0.3) is 0 Å². The molecule has 0 aromatic carbocycles. The standard InChI is InChI=1S/C4H8NO/c1-6-4-2-5-3-4/h5H,2-3H2,1H3. The van der Waals surface area contributed by atoms with Crippen molar-refractivity contribution in [3.8, 4) is 0 Å². The fraction of sp³-hybridized carbons (Fsp3) is 0.750. The average Bonchev–Trinajstić information content (AvgIpc) is 1.31. The number of nitrogens with one attached hydrogen (secondary N) is 1. The van der Waals surface area contributed by atoms with Crippen molar-refractivity contribution in [2.45, 2.75) is 0 Å². The third-order valence-corrected chi connectivity index (χ3v) is 0.933. The summed E-state index contributed by atoms with van der Waals surface area (Å²) in [6, 6.07) is 0. The highest BCUT2D eigenvalue weighted by Crippen LogP contribution is 2.03. The van der Waals surface area contributed by atoms with Gasteiger partial charge in [0.1, 0.15) is 6.10 Å². The Morgan fingerprint density at radius 3 is 2.33 bits per heavy atom. The topological polar surface area (TPSA) is 21.3 Å². The first-order valence-corrected chi connectivity index (χ1v) is 2.03. The predicted molar refractivity (Wildman–Crippen MR) is 23.1 cm³/mol. The van der Waals surface area contributed by atoms with Crippen LogP contribution in [0.1, 0.15) is 0 Å². The van der Waals surface area contributed by atoms with Crippen molar-refractivity contribution in [2.75, 3.05) is 20.2 Å². The Morgan fingerprint density at radius 1 is 1.67 bits per heavy atom. The highest BCUT2D eigenvalue weighted by molar-refractivity contribution is 4.93. The van der Waals surface area contributed by atoms with Gasteiger partial charge >= 0.3 is 0 Å². The fourth-order valence-electron chi connectivity index (χ4n) is 0.371. The Hall–Kier alpha value is -0.0800. The van der Waals surface area contributed by atoms with Crippen molar-refractivity contribution in [3.63, 3.8) is 0 Å². The number of hydrogen-bond donors (Lipinski definition) is 1. The van der Waals surface area contributed by atoms with E-state index in [9.17, 15) is 0 Å². The fourth-order valence-corrected chi connectivity index (χ4v) is 0.371. The number of ether oxygens (including phenoxy) is 1. The Labute approximate surface area is 37.5 Å². The summed E-state index contributed by atoms with van der Waals surface area (Å²) in [7, 11) is 1.70. The van der Waals surface area contributed by atoms with E-state index in [1.54, 1.807) is 7.11 Å². The lowest BCUT2D eigenvalue weighted by Crippen LogP contribution is -2.40. The molecule has 1 aliphatic rings. The van der Waals surface area contributed by atoms with Gasteiger partial charge < -0.3 is 10.1 Å². The highest BCUT2D eigenvalue weighted by atomic mass is 16.5. The SMILES string of the molecule is CO[C]1CNC1. The second-order valence-electron chi connectivity index (χ2n) is 1.35. The van der Waals surface area contributed by atoms with Crippen LogP contribution in [-0.2, 0) is 4.74 Å². The molecular weight excluding hydrogens is 78.0 g/mol. The van der Waals surface area contributed by atoms with Crippen LogP contribution in [0.25, 0.3) is 0 Å². The lowest BCUT2D eigenvalue weighted by Gasteiger charge is -2.23. The van der Waals surface area contributed by atoms with Crippen LogP contribution in [0.5, 0.6) is 0 Å². The normalized spacial score (nSPS) is 23.5. The van der Waals surface area contributed by atoms with E-state index in [4.69, 9.17) is 4.74 Å². The van der Waals surface area contributed by atoms with Gasteiger partial charge in [0, 0.05) is 20.2 Å². The van der Waals surface area contributed by atoms with Crippen molar-refractivity contribution < 1.29 is 4.74 Å². The lowest BCUT2D eigenvalue weighted by atomic mass is 10.2. The van der Waals surface area contributed by atoms with E-state index < -0.39 is 0 Å². The van der Waals surface area contributed by atoms with Crippen LogP contribution in [0.3, 0.4) is 0 Å². The second kappa shape index (κ2) is 1.58. The van der Waals surface area contributed by atoms with Gasteiger partial charge in [0.15, 0.2) is 0 Å². The molecule has 1 fully saturated rings. The molecule has 1 N–H and O–H groups in total. The van der Waals surface area contributed by atoms with Crippen molar-refractivity contribution in [1.82, 2.24) is 5.32 Å². The summed E-state index contributed by atoms with van der Waals surface area (Å²) < 4.78 is 4.84. The van der Waals surface area contributed by atoms with E-state index >= 15 is 0 Å². The molecule has 0 aromatic heterocycles. The Balaban J connectivity index is 2.01. The molecule has 0 bridgehead atoms. The maximum absolute atomic E-state index is 4.84. The zero-order valence-electron chi connectivity index (χ0n) is 3.82. The lowest BCUT2D eigenvalue weighted by molar-refractivity contribution is 0.157. The van der Waals surface area contributed by atoms with Crippen molar-refractivity contribution in [2.24, 2.45) is 0 Å². The van der Waals surface area contributed by atoms with Gasteiger partial charge in [0.05, 0.1) is 0 Å². The van der Waals surface area contributed by atoms with Crippen molar-refractivity contribution >= 4 is 0 Å². The quantitative estimate of drug-likeness (QED) is 0.476. The summed E-state index contributed by atoms with van der Waals surface area (Å²) in [5.74, 6) is 0. The van der Waals surface area contributed by atoms with Crippen molar-refractivity contribution in [3.05, 3.63) is 6.10 Å². The summed E-state index contributed by atoms with van der Waals surface area (Å²) in [5.41, 5.74) is 0. The molecule has 0 aromatic rings. The Kier molecular flexibility index (Phi) is 1.08. The highest BCUT2D eigenvalue weighted by Gasteiger charge is 2.15. The minimum Gasteiger partial charge on any atom is -0.372 e. The maximum atomic E-state index is 4.84. The van der Waals surface area contributed by atoms with Crippen LogP contribution in [0.2, 0.25) is 0 Å². The molecule has 35 valence electrons. The second-order valence-corrected chi connectivity index (χ2v) is 1.35. The molecule has 0 saturated carbocycles. The monoisotopic (exact) mass is 86.1 g/mol. The number of hydrogen-bond acceptors (Lipinski definition) is 2. The van der Waals surface area contributed by atoms with Gasteiger partial charge in [-0.3, -0.25) is 0 Å². The summed E-state index contributed by atoms with van der Waals surface area (Å²) in [6.07, 6.45) is 1.16. The number of methoxy groups -OCH3 is 1. The van der Waals surface area contributed by atoms with Crippen LogP contribution in [0, 0.1) is 6.10 Å². The van der Waals surface area contributed by atoms with E-state index in [1.807, 2.05) is 0 Å². The first-order valence-electron chi connectivity index (χ1n) is 2.03. The van der Waals surface area contributed by atoms with Gasteiger partial charge in [-0.05, 0) is 0 Å². The molecule has 0 spiro atoms. The molecule has 2 heteroatoms. The number of rotatable bonds is 1. The van der Waals surface area contributed by atoms with Crippen LogP contribution in [-0.4, -0.2) is 20.2 Å². The minimum absolute atomic E-state index is 0.955. The molecule has 0 aliphatic carbocycles. The molecular formula is C4H8NO. The van der Waals surface area contributed by atoms with Crippen LogP contribution < -0.4 is 5.32 Å². The molecule has 1 rings (SSSR count). The third-order valence-electron chi connectivity index (χ3n) is 0.933. The molecule has 1 radical (unpaired) electrons. The van der Waals surface area contributed by atoms with Gasteiger partial charge in [0.2, 0.25) is 0 Å². The third kappa shape index (κ3) is 0.533. The zero-order chi connectivity index (χ0) is 4.41. The van der Waals surface area contributed by atoms with Gasteiger partial charge in [-0.15, -0.1) is 0 Å². The summed E-state index contributed by atoms with van der Waals surface area (Å²) in [6.45, 7) is 1.91. The largest absolute Gasteiger partial charge is 0.372 e. The first kappa shape index (κ1) is 4.09. The van der Waals surface area contributed by atoms with E-state index in [2.05, 4.69) is 5.32 Å². The molecule has 0 amide bonds. The maximum Gasteiger partial charge on any atom is 0.124 e. The van der Waals surface area contributed by atoms with Gasteiger partial charge in [-0.25, -0.2) is 0 Å². The summed E-state index contributed by atoms with van der Waals surface area (Å²) in [5, 5.41) is 3.05. The van der Waals surface area contributed by atoms with Crippen LogP contribution in [0.4, 0.5) is 0 Å². The van der Waals surface area contributed by atoms with E-state index in [0.717, 1.165) is 19.2 Å². The summed E-state index contributed by atoms with van der Waals surface area (Å²) >= 11 is 0. The molecule has 1 saturated heterocycles. The van der Waals surface area contributed by atoms with Crippen LogP contribution >= 0.6 is 0 Å². The summed E-state index contributed by atoms with van der Waals surface area (Å²) in [4.78, 5) is 0. The Bertz CT molecular complexity index is 40.1. The molecule has 0 unspecified atom stereocenters. The van der Waals surface area contributed by atoms with E-state index in [1.165, 1.54) is 0 Å². The van der Waals surface area contributed by atoms with E-state index in [0.29, 0.717) is 0 Å². The van der Waals surface area contributed by atoms with Crippen LogP contribution in [0.15, 0.2) is 0 Å². The Morgan fingerprint density at radius 2 is 2.33 bits per heavy atom. The molecule has 1 heterocycles. The molecule has 6 heavy (non-hydrogen) atoms. The predicted octanol–water partition coefficient (Wildman–Crippen LogP) is -0.232. The molecule has 1 aliphatic heterocycles. The zero-order valence-corrected chi connectivity index (χ0v) is 3.82.